The lowest BCUT2D eigenvalue weighted by molar-refractivity contribution is -0.137. The zero-order chi connectivity index (χ0) is 19.8. The molecule has 0 atom stereocenters. The fraction of sp³-hybridized carbons (Fsp3) is 0.375. The molecule has 0 saturated carbocycles. The van der Waals surface area contributed by atoms with Crippen molar-refractivity contribution in [2.45, 2.75) is 38.7 Å². The van der Waals surface area contributed by atoms with Crippen molar-refractivity contribution in [2.24, 2.45) is 0 Å². The Bertz CT molecular complexity index is 779. The van der Waals surface area contributed by atoms with Crippen LogP contribution in [0.25, 0.3) is 5.57 Å². The molecule has 28 heavy (non-hydrogen) atoms. The molecule has 4 heteroatoms. The summed E-state index contributed by atoms with van der Waals surface area (Å²) in [5.74, 6) is 0.240. The second-order valence-corrected chi connectivity index (χ2v) is 7.36. The van der Waals surface area contributed by atoms with Crippen LogP contribution in [0.2, 0.25) is 0 Å². The van der Waals surface area contributed by atoms with E-state index in [-0.39, 0.29) is 6.42 Å². The Balaban J connectivity index is 1.62. The highest BCUT2D eigenvalue weighted by atomic mass is 16.5. The van der Waals surface area contributed by atoms with Crippen molar-refractivity contribution in [2.75, 3.05) is 20.1 Å². The number of ether oxygens (including phenoxy) is 1. The second-order valence-electron chi connectivity index (χ2n) is 7.36. The molecule has 0 fully saturated rings. The average molecular weight is 380 g/mol. The van der Waals surface area contributed by atoms with E-state index in [9.17, 15) is 4.79 Å². The number of aliphatic carboxylic acids is 1. The molecular weight excluding hydrogens is 350 g/mol. The Kier molecular flexibility index (Phi) is 7.26. The van der Waals surface area contributed by atoms with E-state index < -0.39 is 5.97 Å². The molecule has 1 aliphatic heterocycles. The van der Waals surface area contributed by atoms with Crippen LogP contribution in [0.1, 0.15) is 48.8 Å². The van der Waals surface area contributed by atoms with Crippen molar-refractivity contribution < 1.29 is 14.6 Å². The Hall–Kier alpha value is -2.59. The molecular formula is C24H29NO3. The molecule has 0 bridgehead atoms. The predicted octanol–water partition coefficient (Wildman–Crippen LogP) is 4.98. The van der Waals surface area contributed by atoms with E-state index >= 15 is 0 Å². The first-order valence-electron chi connectivity index (χ1n) is 10.1. The molecule has 0 amide bonds. The van der Waals surface area contributed by atoms with Gasteiger partial charge in [-0.15, -0.1) is 0 Å². The number of para-hydroxylation sites is 1. The van der Waals surface area contributed by atoms with Crippen LogP contribution in [0.4, 0.5) is 0 Å². The summed E-state index contributed by atoms with van der Waals surface area (Å²) in [4.78, 5) is 12.9. The minimum absolute atomic E-state index is 0.275. The summed E-state index contributed by atoms with van der Waals surface area (Å²) in [5.41, 5.74) is 4.88. The zero-order valence-corrected chi connectivity index (χ0v) is 16.6. The van der Waals surface area contributed by atoms with Gasteiger partial charge in [0.05, 0.1) is 0 Å². The summed E-state index contributed by atoms with van der Waals surface area (Å²) < 4.78 is 6.03. The Labute approximate surface area is 167 Å². The highest BCUT2D eigenvalue weighted by molar-refractivity contribution is 5.84. The summed E-state index contributed by atoms with van der Waals surface area (Å²) in [5, 5.41) is 8.70. The van der Waals surface area contributed by atoms with Gasteiger partial charge in [0.2, 0.25) is 0 Å². The van der Waals surface area contributed by atoms with Crippen LogP contribution in [-0.4, -0.2) is 36.1 Å². The topological polar surface area (TPSA) is 49.8 Å². The van der Waals surface area contributed by atoms with E-state index in [1.165, 1.54) is 16.7 Å². The molecule has 0 unspecified atom stereocenters. The maximum absolute atomic E-state index is 10.6. The highest BCUT2D eigenvalue weighted by Crippen LogP contribution is 2.36. The quantitative estimate of drug-likeness (QED) is 0.625. The van der Waals surface area contributed by atoms with Gasteiger partial charge >= 0.3 is 5.97 Å². The van der Waals surface area contributed by atoms with Gasteiger partial charge in [-0.25, -0.2) is 0 Å². The van der Waals surface area contributed by atoms with E-state index in [4.69, 9.17) is 9.84 Å². The molecule has 4 nitrogen and oxygen atoms in total. The maximum Gasteiger partial charge on any atom is 0.303 e. The van der Waals surface area contributed by atoms with E-state index in [0.717, 1.165) is 50.1 Å². The molecule has 2 aromatic carbocycles. The minimum atomic E-state index is -0.701. The molecule has 0 aliphatic carbocycles. The van der Waals surface area contributed by atoms with E-state index in [1.807, 2.05) is 12.1 Å². The maximum atomic E-state index is 10.6. The van der Waals surface area contributed by atoms with Crippen LogP contribution in [0.5, 0.6) is 5.75 Å². The monoisotopic (exact) mass is 379 g/mol. The van der Waals surface area contributed by atoms with Crippen LogP contribution in [0, 0.1) is 0 Å². The Morgan fingerprint density at radius 2 is 1.79 bits per heavy atom. The highest BCUT2D eigenvalue weighted by Gasteiger charge is 2.18. The van der Waals surface area contributed by atoms with Crippen LogP contribution >= 0.6 is 0 Å². The fourth-order valence-electron chi connectivity index (χ4n) is 3.62. The summed E-state index contributed by atoms with van der Waals surface area (Å²) >= 11 is 0. The number of fused-ring (bicyclic) bond motifs is 2. The number of hydrogen-bond donors (Lipinski definition) is 1. The molecule has 0 aromatic heterocycles. The van der Waals surface area contributed by atoms with Gasteiger partial charge in [-0.3, -0.25) is 4.79 Å². The Morgan fingerprint density at radius 3 is 2.61 bits per heavy atom. The number of rotatable bonds is 9. The van der Waals surface area contributed by atoms with Gasteiger partial charge in [0, 0.05) is 18.5 Å². The fourth-order valence-corrected chi connectivity index (χ4v) is 3.62. The van der Waals surface area contributed by atoms with Gasteiger partial charge in [-0.1, -0.05) is 55.0 Å². The van der Waals surface area contributed by atoms with Gasteiger partial charge in [0.15, 0.2) is 0 Å². The third-order valence-corrected chi connectivity index (χ3v) is 5.16. The SMILES string of the molecule is CN(CCC=C1c2ccccc2COc2ccccc21)CCCCCC(=O)O. The van der Waals surface area contributed by atoms with Crippen molar-refractivity contribution >= 4 is 11.5 Å². The molecule has 0 radical (unpaired) electrons. The van der Waals surface area contributed by atoms with Gasteiger partial charge < -0.3 is 14.7 Å². The van der Waals surface area contributed by atoms with Crippen molar-refractivity contribution in [1.82, 2.24) is 4.90 Å². The third-order valence-electron chi connectivity index (χ3n) is 5.16. The van der Waals surface area contributed by atoms with Crippen molar-refractivity contribution in [3.05, 3.63) is 71.3 Å². The summed E-state index contributed by atoms with van der Waals surface area (Å²) in [6, 6.07) is 16.7. The molecule has 148 valence electrons. The molecule has 3 rings (SSSR count). The standard InChI is InChI=1S/C24H29NO3/c1-25(16-8-2-3-15-24(26)27)17-9-13-21-20-11-5-4-10-19(20)18-28-23-14-7-6-12-22(21)23/h4-7,10-14H,2-3,8-9,15-18H2,1H3,(H,26,27). The Morgan fingerprint density at radius 1 is 1.04 bits per heavy atom. The second kappa shape index (κ2) is 10.1. The van der Waals surface area contributed by atoms with Gasteiger partial charge in [0.25, 0.3) is 0 Å². The first kappa shape index (κ1) is 20.2. The average Bonchev–Trinajstić information content (AvgIpc) is 2.85. The number of nitrogens with zero attached hydrogens (tertiary/aromatic N) is 1. The van der Waals surface area contributed by atoms with E-state index in [2.05, 4.69) is 54.4 Å². The van der Waals surface area contributed by atoms with Gasteiger partial charge in [0.1, 0.15) is 12.4 Å². The number of carboxylic acid groups (broad SMARTS) is 1. The van der Waals surface area contributed by atoms with Gasteiger partial charge in [-0.2, -0.15) is 0 Å². The number of unbranched alkanes of at least 4 members (excludes halogenated alkanes) is 2. The molecule has 2 aromatic rings. The minimum Gasteiger partial charge on any atom is -0.488 e. The zero-order valence-electron chi connectivity index (χ0n) is 16.6. The molecule has 0 saturated heterocycles. The van der Waals surface area contributed by atoms with Crippen molar-refractivity contribution in [3.8, 4) is 5.75 Å². The first-order valence-corrected chi connectivity index (χ1v) is 10.1. The van der Waals surface area contributed by atoms with Crippen LogP contribution in [0.3, 0.4) is 0 Å². The van der Waals surface area contributed by atoms with Crippen LogP contribution in [0.15, 0.2) is 54.6 Å². The lowest BCUT2D eigenvalue weighted by Crippen LogP contribution is -2.20. The van der Waals surface area contributed by atoms with Crippen molar-refractivity contribution in [3.63, 3.8) is 0 Å². The number of benzene rings is 2. The number of carboxylic acids is 1. The third kappa shape index (κ3) is 5.46. The molecule has 1 aliphatic rings. The summed E-state index contributed by atoms with van der Waals surface area (Å²) in [7, 11) is 2.13. The van der Waals surface area contributed by atoms with Crippen LogP contribution < -0.4 is 4.74 Å². The lowest BCUT2D eigenvalue weighted by atomic mass is 9.93. The molecule has 1 heterocycles. The normalized spacial score (nSPS) is 14.3. The lowest BCUT2D eigenvalue weighted by Gasteiger charge is -2.16. The summed E-state index contributed by atoms with van der Waals surface area (Å²) in [6.45, 7) is 2.58. The van der Waals surface area contributed by atoms with E-state index in [0.29, 0.717) is 6.61 Å². The number of carbonyl (C=O) groups is 1. The molecule has 0 spiro atoms. The van der Waals surface area contributed by atoms with Crippen LogP contribution in [-0.2, 0) is 11.4 Å². The van der Waals surface area contributed by atoms with Gasteiger partial charge in [-0.05, 0) is 55.6 Å². The smallest absolute Gasteiger partial charge is 0.303 e. The molecule has 1 N–H and O–H groups in total. The largest absolute Gasteiger partial charge is 0.488 e. The van der Waals surface area contributed by atoms with E-state index in [1.54, 1.807) is 0 Å². The number of hydrogen-bond acceptors (Lipinski definition) is 3. The first-order chi connectivity index (χ1) is 13.6. The summed E-state index contributed by atoms with van der Waals surface area (Å²) in [6.07, 6.45) is 6.34. The predicted molar refractivity (Wildman–Crippen MR) is 113 cm³/mol. The van der Waals surface area contributed by atoms with Crippen molar-refractivity contribution in [1.29, 1.82) is 0 Å².